The summed E-state index contributed by atoms with van der Waals surface area (Å²) in [7, 11) is 1.80. The lowest BCUT2D eigenvalue weighted by molar-refractivity contribution is 0.322. The highest BCUT2D eigenvalue weighted by molar-refractivity contribution is 5.90. The summed E-state index contributed by atoms with van der Waals surface area (Å²) in [5.74, 6) is 2.09. The minimum atomic E-state index is -0.275. The normalized spacial score (nSPS) is 13.3. The maximum atomic E-state index is 13.0. The van der Waals surface area contributed by atoms with Crippen molar-refractivity contribution >= 4 is 16.7 Å². The number of benzene rings is 3. The largest absolute Gasteiger partial charge is 0.493 e. The maximum absolute atomic E-state index is 13.0. The molecule has 158 valence electrons. The predicted molar refractivity (Wildman–Crippen MR) is 127 cm³/mol. The van der Waals surface area contributed by atoms with Crippen molar-refractivity contribution in [3.05, 3.63) is 94.4 Å². The van der Waals surface area contributed by atoms with Crippen LogP contribution in [0, 0.1) is 0 Å². The van der Waals surface area contributed by atoms with Crippen LogP contribution in [0.1, 0.15) is 31.3 Å². The molecule has 5 heteroatoms. The lowest BCUT2D eigenvalue weighted by Gasteiger charge is -2.15. The number of aromatic nitrogens is 2. The maximum Gasteiger partial charge on any atom is 0.354 e. The molecule has 5 nitrogen and oxygen atoms in total. The van der Waals surface area contributed by atoms with E-state index in [-0.39, 0.29) is 7.12 Å². The third kappa shape index (κ3) is 4.04. The number of nitrogens with one attached hydrogen (secondary N) is 1. The highest BCUT2D eigenvalue weighted by atomic mass is 16.5. The summed E-state index contributed by atoms with van der Waals surface area (Å²) in [5, 5.41) is 4.02. The topological polar surface area (TPSA) is 56.2 Å². The van der Waals surface area contributed by atoms with Gasteiger partial charge in [-0.1, -0.05) is 36.4 Å². The first-order valence-corrected chi connectivity index (χ1v) is 10.7. The number of hydrogen-bond acceptors (Lipinski definition) is 4. The zero-order valence-corrected chi connectivity index (χ0v) is 17.5. The summed E-state index contributed by atoms with van der Waals surface area (Å²) < 4.78 is 7.57. The van der Waals surface area contributed by atoms with E-state index in [4.69, 9.17) is 4.74 Å². The molecule has 1 N–H and O–H groups in total. The molecule has 5 rings (SSSR count). The van der Waals surface area contributed by atoms with Gasteiger partial charge >= 0.3 is 5.69 Å². The second kappa shape index (κ2) is 8.26. The molecule has 4 aromatic rings. The van der Waals surface area contributed by atoms with Crippen LogP contribution in [0.2, 0.25) is 0 Å². The molecular weight excluding hydrogens is 386 g/mol. The van der Waals surface area contributed by atoms with Gasteiger partial charge in [-0.3, -0.25) is 4.57 Å². The van der Waals surface area contributed by atoms with Gasteiger partial charge in [0.1, 0.15) is 11.6 Å². The first-order chi connectivity index (χ1) is 15.2. The van der Waals surface area contributed by atoms with Gasteiger partial charge in [0.2, 0.25) is 0 Å². The molecule has 1 heterocycles. The van der Waals surface area contributed by atoms with E-state index < -0.39 is 0 Å². The molecule has 1 aliphatic carbocycles. The standard InChI is InChI=1S/C26H25N3O2.H2/c1-27-25-23-13-12-20(19-10-11-19)17-24(23)29(26(30)28-25)21-7-5-6-18(16-21)14-15-31-22-8-3-2-4-9-22;/h2-9,12-13,16-17,19H,10-11,14-15H2,1H3,(H,27,28,30);1H. The van der Waals surface area contributed by atoms with Crippen molar-refractivity contribution < 1.29 is 6.16 Å². The Bertz CT molecular complexity index is 1280. The van der Waals surface area contributed by atoms with Crippen LogP contribution in [-0.4, -0.2) is 23.2 Å². The number of nitrogens with zero attached hydrogens (tertiary/aromatic N) is 2. The van der Waals surface area contributed by atoms with Crippen molar-refractivity contribution in [2.24, 2.45) is 0 Å². The molecule has 31 heavy (non-hydrogen) atoms. The number of anilines is 1. The minimum Gasteiger partial charge on any atom is -0.493 e. The highest BCUT2D eigenvalue weighted by Crippen LogP contribution is 2.41. The van der Waals surface area contributed by atoms with Crippen molar-refractivity contribution in [1.82, 2.24) is 9.55 Å². The van der Waals surface area contributed by atoms with E-state index in [0.717, 1.165) is 34.3 Å². The third-order valence-electron chi connectivity index (χ3n) is 5.77. The lowest BCUT2D eigenvalue weighted by atomic mass is 10.1. The van der Waals surface area contributed by atoms with E-state index in [9.17, 15) is 4.79 Å². The van der Waals surface area contributed by atoms with Gasteiger partial charge in [-0.05, 0) is 66.3 Å². The van der Waals surface area contributed by atoms with E-state index in [2.05, 4.69) is 40.6 Å². The molecular formula is C26H27N3O2. The number of fused-ring (bicyclic) bond motifs is 1. The van der Waals surface area contributed by atoms with Gasteiger partial charge in [-0.15, -0.1) is 0 Å². The Labute approximate surface area is 182 Å². The first kappa shape index (κ1) is 19.4. The Kier molecular flexibility index (Phi) is 5.16. The monoisotopic (exact) mass is 413 g/mol. The van der Waals surface area contributed by atoms with Crippen LogP contribution in [0.4, 0.5) is 5.82 Å². The molecule has 0 saturated heterocycles. The molecule has 1 aromatic heterocycles. The molecule has 0 atom stereocenters. The van der Waals surface area contributed by atoms with E-state index in [1.165, 1.54) is 18.4 Å². The van der Waals surface area contributed by atoms with Crippen LogP contribution in [0.15, 0.2) is 77.6 Å². The van der Waals surface area contributed by atoms with Gasteiger partial charge < -0.3 is 10.1 Å². The van der Waals surface area contributed by atoms with E-state index in [0.29, 0.717) is 18.3 Å². The van der Waals surface area contributed by atoms with Crippen molar-refractivity contribution in [3.8, 4) is 11.4 Å². The average Bonchev–Trinajstić information content (AvgIpc) is 3.65. The van der Waals surface area contributed by atoms with Crippen LogP contribution < -0.4 is 15.7 Å². The fourth-order valence-electron chi connectivity index (χ4n) is 4.01. The fourth-order valence-corrected chi connectivity index (χ4v) is 4.01. The van der Waals surface area contributed by atoms with Gasteiger partial charge in [0.25, 0.3) is 0 Å². The van der Waals surface area contributed by atoms with Crippen molar-refractivity contribution in [3.63, 3.8) is 0 Å². The molecule has 3 aromatic carbocycles. The van der Waals surface area contributed by atoms with Crippen LogP contribution >= 0.6 is 0 Å². The van der Waals surface area contributed by atoms with Crippen LogP contribution in [0.25, 0.3) is 16.6 Å². The van der Waals surface area contributed by atoms with Crippen molar-refractivity contribution in [2.45, 2.75) is 25.2 Å². The summed E-state index contributed by atoms with van der Waals surface area (Å²) >= 11 is 0. The Morgan fingerprint density at radius 3 is 2.68 bits per heavy atom. The second-order valence-corrected chi connectivity index (χ2v) is 7.96. The average molecular weight is 414 g/mol. The zero-order chi connectivity index (χ0) is 21.2. The third-order valence-corrected chi connectivity index (χ3v) is 5.77. The van der Waals surface area contributed by atoms with Gasteiger partial charge in [-0.2, -0.15) is 4.98 Å². The van der Waals surface area contributed by atoms with Crippen LogP contribution in [0.5, 0.6) is 5.75 Å². The van der Waals surface area contributed by atoms with Gasteiger partial charge in [0.05, 0.1) is 17.8 Å². The van der Waals surface area contributed by atoms with E-state index in [1.807, 2.05) is 42.5 Å². The van der Waals surface area contributed by atoms with Gasteiger partial charge in [0.15, 0.2) is 0 Å². The fraction of sp³-hybridized carbons (Fsp3) is 0.231. The van der Waals surface area contributed by atoms with Crippen LogP contribution in [0.3, 0.4) is 0 Å². The Morgan fingerprint density at radius 1 is 1.06 bits per heavy atom. The molecule has 1 aliphatic rings. The number of para-hydroxylation sites is 1. The molecule has 0 spiro atoms. The van der Waals surface area contributed by atoms with Crippen molar-refractivity contribution in [1.29, 1.82) is 0 Å². The number of rotatable bonds is 7. The van der Waals surface area contributed by atoms with E-state index in [1.54, 1.807) is 11.6 Å². The summed E-state index contributed by atoms with van der Waals surface area (Å²) in [6.45, 7) is 0.575. The molecule has 0 unspecified atom stereocenters. The van der Waals surface area contributed by atoms with Gasteiger partial charge in [-0.25, -0.2) is 4.79 Å². The molecule has 0 aliphatic heterocycles. The predicted octanol–water partition coefficient (Wildman–Crippen LogP) is 5.17. The van der Waals surface area contributed by atoms with Gasteiger partial charge in [0, 0.05) is 20.3 Å². The summed E-state index contributed by atoms with van der Waals surface area (Å²) in [6, 6.07) is 24.3. The molecule has 0 radical (unpaired) electrons. The Hall–Kier alpha value is -3.60. The molecule has 1 saturated carbocycles. The number of hydrogen-bond donors (Lipinski definition) is 1. The van der Waals surface area contributed by atoms with E-state index >= 15 is 0 Å². The number of ether oxygens (including phenoxy) is 1. The zero-order valence-electron chi connectivity index (χ0n) is 17.5. The first-order valence-electron chi connectivity index (χ1n) is 10.7. The summed E-state index contributed by atoms with van der Waals surface area (Å²) in [5.41, 5.74) is 3.86. The molecule has 1 fully saturated rings. The smallest absolute Gasteiger partial charge is 0.354 e. The Morgan fingerprint density at radius 2 is 1.90 bits per heavy atom. The van der Waals surface area contributed by atoms with Crippen molar-refractivity contribution in [2.75, 3.05) is 19.0 Å². The van der Waals surface area contributed by atoms with Crippen LogP contribution in [-0.2, 0) is 6.42 Å². The summed E-state index contributed by atoms with van der Waals surface area (Å²) in [4.78, 5) is 17.3. The quantitative estimate of drug-likeness (QED) is 0.454. The molecule has 0 bridgehead atoms. The minimum absolute atomic E-state index is 0. The second-order valence-electron chi connectivity index (χ2n) is 7.96. The Balaban J connectivity index is 0.00000245. The highest BCUT2D eigenvalue weighted by Gasteiger charge is 2.24. The summed E-state index contributed by atoms with van der Waals surface area (Å²) in [6.07, 6.45) is 3.19. The SMILES string of the molecule is CNc1nc(=O)n(-c2cccc(CCOc3ccccc3)c2)c2cc(C3CC3)ccc12.[HH]. The lowest BCUT2D eigenvalue weighted by Crippen LogP contribution is -2.23. The molecule has 0 amide bonds.